The molecule has 0 radical (unpaired) electrons. The highest BCUT2D eigenvalue weighted by Gasteiger charge is 2.34. The molecule has 0 bridgehead atoms. The maximum Gasteiger partial charge on any atom is 0.222 e. The average Bonchev–Trinajstić information content (AvgIpc) is 2.26. The van der Waals surface area contributed by atoms with E-state index in [2.05, 4.69) is 26.1 Å². The molecule has 1 aliphatic heterocycles. The summed E-state index contributed by atoms with van der Waals surface area (Å²) in [6.07, 6.45) is 1.89. The van der Waals surface area contributed by atoms with Crippen molar-refractivity contribution in [3.05, 3.63) is 0 Å². The Morgan fingerprint density at radius 3 is 2.29 bits per heavy atom. The maximum atomic E-state index is 11.5. The van der Waals surface area contributed by atoms with Crippen LogP contribution >= 0.6 is 0 Å². The quantitative estimate of drug-likeness (QED) is 0.780. The van der Waals surface area contributed by atoms with E-state index < -0.39 is 5.60 Å². The molecule has 0 aromatic carbocycles. The Hall–Kier alpha value is -0.610. The fourth-order valence-corrected chi connectivity index (χ4v) is 2.00. The molecule has 0 spiro atoms. The second-order valence-corrected chi connectivity index (χ2v) is 6.06. The van der Waals surface area contributed by atoms with Crippen LogP contribution in [0.1, 0.15) is 47.0 Å². The summed E-state index contributed by atoms with van der Waals surface area (Å²) in [5, 5.41) is 13.7. The van der Waals surface area contributed by atoms with E-state index in [0.717, 1.165) is 0 Å². The predicted molar refractivity (Wildman–Crippen MR) is 68.8 cm³/mol. The standard InChI is InChI=1S/C13H26N2O2/c1-5-11(16)15-8-6-13(17,7-9-15)10-14-12(2,3)4/h14,17H,5-10H2,1-4H3. The minimum Gasteiger partial charge on any atom is -0.388 e. The third-order valence-electron chi connectivity index (χ3n) is 3.30. The highest BCUT2D eigenvalue weighted by Crippen LogP contribution is 2.22. The van der Waals surface area contributed by atoms with Gasteiger partial charge in [-0.05, 0) is 33.6 Å². The lowest BCUT2D eigenvalue weighted by atomic mass is 9.90. The summed E-state index contributed by atoms with van der Waals surface area (Å²) < 4.78 is 0. The van der Waals surface area contributed by atoms with Crippen molar-refractivity contribution in [1.82, 2.24) is 10.2 Å². The first-order valence-electron chi connectivity index (χ1n) is 6.51. The smallest absolute Gasteiger partial charge is 0.222 e. The highest BCUT2D eigenvalue weighted by atomic mass is 16.3. The first kappa shape index (κ1) is 14.5. The Morgan fingerprint density at radius 1 is 1.35 bits per heavy atom. The molecule has 1 aliphatic rings. The van der Waals surface area contributed by atoms with E-state index in [4.69, 9.17) is 0 Å². The minimum atomic E-state index is -0.655. The first-order valence-corrected chi connectivity index (χ1v) is 6.51. The van der Waals surface area contributed by atoms with Crippen LogP contribution in [0.25, 0.3) is 0 Å². The van der Waals surface area contributed by atoms with Crippen LogP contribution in [0.15, 0.2) is 0 Å². The fourth-order valence-electron chi connectivity index (χ4n) is 2.00. The lowest BCUT2D eigenvalue weighted by Crippen LogP contribution is -2.54. The van der Waals surface area contributed by atoms with Crippen LogP contribution in [0.2, 0.25) is 0 Å². The van der Waals surface area contributed by atoms with Gasteiger partial charge in [0.2, 0.25) is 5.91 Å². The Morgan fingerprint density at radius 2 is 1.88 bits per heavy atom. The van der Waals surface area contributed by atoms with Gasteiger partial charge in [0.1, 0.15) is 0 Å². The number of piperidine rings is 1. The van der Waals surface area contributed by atoms with Crippen molar-refractivity contribution < 1.29 is 9.90 Å². The van der Waals surface area contributed by atoms with Crippen molar-refractivity contribution >= 4 is 5.91 Å². The van der Waals surface area contributed by atoms with E-state index in [-0.39, 0.29) is 11.4 Å². The molecule has 1 saturated heterocycles. The zero-order valence-electron chi connectivity index (χ0n) is 11.5. The van der Waals surface area contributed by atoms with Crippen molar-refractivity contribution in [2.24, 2.45) is 0 Å². The second-order valence-electron chi connectivity index (χ2n) is 6.06. The van der Waals surface area contributed by atoms with Gasteiger partial charge < -0.3 is 15.3 Å². The molecular weight excluding hydrogens is 216 g/mol. The maximum absolute atomic E-state index is 11.5. The van der Waals surface area contributed by atoms with Gasteiger partial charge in [-0.2, -0.15) is 0 Å². The summed E-state index contributed by atoms with van der Waals surface area (Å²) >= 11 is 0. The van der Waals surface area contributed by atoms with Crippen LogP contribution in [-0.4, -0.2) is 46.7 Å². The molecule has 4 heteroatoms. The van der Waals surface area contributed by atoms with Crippen LogP contribution < -0.4 is 5.32 Å². The Labute approximate surface area is 104 Å². The van der Waals surface area contributed by atoms with E-state index in [9.17, 15) is 9.90 Å². The van der Waals surface area contributed by atoms with Gasteiger partial charge in [0, 0.05) is 31.6 Å². The van der Waals surface area contributed by atoms with Gasteiger partial charge >= 0.3 is 0 Å². The summed E-state index contributed by atoms with van der Waals surface area (Å²) in [7, 11) is 0. The molecule has 4 nitrogen and oxygen atoms in total. The molecular formula is C13H26N2O2. The third-order valence-corrected chi connectivity index (χ3v) is 3.30. The van der Waals surface area contributed by atoms with Gasteiger partial charge in [-0.1, -0.05) is 6.92 Å². The predicted octanol–water partition coefficient (Wildman–Crippen LogP) is 1.14. The SMILES string of the molecule is CCC(=O)N1CCC(O)(CNC(C)(C)C)CC1. The molecule has 100 valence electrons. The number of nitrogens with one attached hydrogen (secondary N) is 1. The van der Waals surface area contributed by atoms with Crippen LogP contribution in [0, 0.1) is 0 Å². The van der Waals surface area contributed by atoms with Crippen LogP contribution in [-0.2, 0) is 4.79 Å². The molecule has 0 aliphatic carbocycles. The van der Waals surface area contributed by atoms with E-state index in [1.165, 1.54) is 0 Å². The van der Waals surface area contributed by atoms with Crippen molar-refractivity contribution in [1.29, 1.82) is 0 Å². The van der Waals surface area contributed by atoms with Crippen LogP contribution in [0.4, 0.5) is 0 Å². The third kappa shape index (κ3) is 4.64. The number of rotatable bonds is 3. The normalized spacial score (nSPS) is 20.4. The summed E-state index contributed by atoms with van der Waals surface area (Å²) in [6.45, 7) is 10.1. The van der Waals surface area contributed by atoms with Gasteiger partial charge in [0.05, 0.1) is 5.60 Å². The van der Waals surface area contributed by atoms with Crippen molar-refractivity contribution in [2.45, 2.75) is 58.1 Å². The fraction of sp³-hybridized carbons (Fsp3) is 0.923. The molecule has 1 fully saturated rings. The number of carbonyl (C=O) groups excluding carboxylic acids is 1. The summed E-state index contributed by atoms with van der Waals surface area (Å²) in [5.41, 5.74) is -0.635. The van der Waals surface area contributed by atoms with E-state index in [0.29, 0.717) is 38.9 Å². The summed E-state index contributed by atoms with van der Waals surface area (Å²) in [6, 6.07) is 0. The summed E-state index contributed by atoms with van der Waals surface area (Å²) in [4.78, 5) is 13.4. The number of amides is 1. The van der Waals surface area contributed by atoms with Crippen molar-refractivity contribution in [3.8, 4) is 0 Å². The number of hydrogen-bond donors (Lipinski definition) is 2. The zero-order chi connectivity index (χ0) is 13.1. The number of nitrogens with zero attached hydrogens (tertiary/aromatic N) is 1. The second kappa shape index (κ2) is 5.36. The molecule has 0 saturated carbocycles. The Balaban J connectivity index is 2.41. The van der Waals surface area contributed by atoms with Gasteiger partial charge in [0.15, 0.2) is 0 Å². The number of aliphatic hydroxyl groups is 1. The van der Waals surface area contributed by atoms with Gasteiger partial charge in [-0.15, -0.1) is 0 Å². The number of carbonyl (C=O) groups is 1. The number of β-amino-alcohol motifs (C(OH)–C–C–N with tert-alkyl or cyclic N) is 1. The highest BCUT2D eigenvalue weighted by molar-refractivity contribution is 5.75. The molecule has 0 aromatic heterocycles. The molecule has 1 heterocycles. The molecule has 1 rings (SSSR count). The van der Waals surface area contributed by atoms with Crippen molar-refractivity contribution in [2.75, 3.05) is 19.6 Å². The molecule has 2 N–H and O–H groups in total. The van der Waals surface area contributed by atoms with Crippen LogP contribution in [0.3, 0.4) is 0 Å². The minimum absolute atomic E-state index is 0.0199. The Kier molecular flexibility index (Phi) is 4.55. The molecule has 0 atom stereocenters. The monoisotopic (exact) mass is 242 g/mol. The summed E-state index contributed by atoms with van der Waals surface area (Å²) in [5.74, 6) is 0.191. The van der Waals surface area contributed by atoms with Crippen LogP contribution in [0.5, 0.6) is 0 Å². The Bertz CT molecular complexity index is 263. The van der Waals surface area contributed by atoms with Gasteiger partial charge in [-0.25, -0.2) is 0 Å². The topological polar surface area (TPSA) is 52.6 Å². The number of likely N-dealkylation sites (tertiary alicyclic amines) is 1. The number of hydrogen-bond acceptors (Lipinski definition) is 3. The molecule has 17 heavy (non-hydrogen) atoms. The lowest BCUT2D eigenvalue weighted by Gasteiger charge is -2.39. The average molecular weight is 242 g/mol. The zero-order valence-corrected chi connectivity index (χ0v) is 11.5. The first-order chi connectivity index (χ1) is 7.76. The largest absolute Gasteiger partial charge is 0.388 e. The molecule has 0 unspecified atom stereocenters. The lowest BCUT2D eigenvalue weighted by molar-refractivity contribution is -0.135. The van der Waals surface area contributed by atoms with E-state index in [1.54, 1.807) is 0 Å². The van der Waals surface area contributed by atoms with Crippen molar-refractivity contribution in [3.63, 3.8) is 0 Å². The molecule has 0 aromatic rings. The van der Waals surface area contributed by atoms with Gasteiger partial charge in [0.25, 0.3) is 0 Å². The van der Waals surface area contributed by atoms with E-state index >= 15 is 0 Å². The molecule has 1 amide bonds. The van der Waals surface area contributed by atoms with E-state index in [1.807, 2.05) is 11.8 Å². The van der Waals surface area contributed by atoms with Gasteiger partial charge in [-0.3, -0.25) is 4.79 Å².